The molecule has 1 saturated heterocycles. The van der Waals surface area contributed by atoms with E-state index >= 15 is 0 Å². The van der Waals surface area contributed by atoms with Crippen molar-refractivity contribution in [2.45, 2.75) is 25.4 Å². The van der Waals surface area contributed by atoms with Crippen LogP contribution in [0.25, 0.3) is 20.7 Å². The maximum absolute atomic E-state index is 14.4. The van der Waals surface area contributed by atoms with E-state index in [4.69, 9.17) is 9.47 Å². The summed E-state index contributed by atoms with van der Waals surface area (Å²) in [6.45, 7) is 1.46. The molecular weight excluding hydrogens is 488 g/mol. The molecular formula is C26H25F2N3O4S. The van der Waals surface area contributed by atoms with Crippen molar-refractivity contribution in [1.82, 2.24) is 14.5 Å². The second-order valence-electron chi connectivity index (χ2n) is 8.66. The summed E-state index contributed by atoms with van der Waals surface area (Å²) in [7, 11) is 2.87. The van der Waals surface area contributed by atoms with Crippen molar-refractivity contribution < 1.29 is 18.3 Å². The van der Waals surface area contributed by atoms with Crippen molar-refractivity contribution in [3.05, 3.63) is 80.5 Å². The predicted octanol–water partition coefficient (Wildman–Crippen LogP) is 4.16. The molecule has 0 saturated carbocycles. The number of methoxy groups -OCH3 is 2. The Labute approximate surface area is 209 Å². The highest BCUT2D eigenvalue weighted by atomic mass is 32.1. The van der Waals surface area contributed by atoms with Gasteiger partial charge in [-0.15, -0.1) is 11.3 Å². The first-order valence-electron chi connectivity index (χ1n) is 11.6. The summed E-state index contributed by atoms with van der Waals surface area (Å²) < 4.78 is 42.2. The average Bonchev–Trinajstić information content (AvgIpc) is 3.33. The van der Waals surface area contributed by atoms with Crippen LogP contribution in [0.5, 0.6) is 11.5 Å². The second kappa shape index (κ2) is 9.87. The van der Waals surface area contributed by atoms with Crippen molar-refractivity contribution in [2.24, 2.45) is 0 Å². The molecule has 2 aromatic carbocycles. The third-order valence-corrected chi connectivity index (χ3v) is 7.66. The molecule has 188 valence electrons. The molecule has 10 heteroatoms. The van der Waals surface area contributed by atoms with E-state index in [9.17, 15) is 18.4 Å². The minimum atomic E-state index is -0.540. The Bertz CT molecular complexity index is 1550. The molecule has 1 N–H and O–H groups in total. The lowest BCUT2D eigenvalue weighted by Gasteiger charge is -2.25. The Morgan fingerprint density at radius 2 is 1.72 bits per heavy atom. The zero-order valence-corrected chi connectivity index (χ0v) is 20.7. The summed E-state index contributed by atoms with van der Waals surface area (Å²) in [5.74, 6) is -0.428. The normalized spacial score (nSPS) is 14.3. The molecule has 0 atom stereocenters. The number of thiophene rings is 1. The van der Waals surface area contributed by atoms with E-state index in [1.54, 1.807) is 12.1 Å². The molecule has 1 fully saturated rings. The summed E-state index contributed by atoms with van der Waals surface area (Å²) in [5, 5.41) is 3.25. The van der Waals surface area contributed by atoms with Gasteiger partial charge in [-0.3, -0.25) is 13.9 Å². The minimum Gasteiger partial charge on any atom is -0.496 e. The van der Waals surface area contributed by atoms with Gasteiger partial charge in [-0.2, -0.15) is 0 Å². The lowest BCUT2D eigenvalue weighted by molar-refractivity contribution is 0.346. The Hall–Kier alpha value is -3.50. The molecule has 0 bridgehead atoms. The van der Waals surface area contributed by atoms with E-state index in [0.29, 0.717) is 57.9 Å². The maximum atomic E-state index is 14.4. The van der Waals surface area contributed by atoms with Gasteiger partial charge in [0.1, 0.15) is 16.3 Å². The van der Waals surface area contributed by atoms with Crippen LogP contribution in [0.1, 0.15) is 24.4 Å². The van der Waals surface area contributed by atoms with Gasteiger partial charge in [0.25, 0.3) is 5.56 Å². The first kappa shape index (κ1) is 24.2. The fraction of sp³-hybridized carbons (Fsp3) is 0.308. The van der Waals surface area contributed by atoms with Gasteiger partial charge in [-0.1, -0.05) is 6.07 Å². The molecule has 5 rings (SSSR count). The average molecular weight is 514 g/mol. The SMILES string of the molecule is COc1ccc(Cn2c(=O)n(C3CCNCC3)c(=O)c3sc(-c4cc(F)ccc4OC)cc32)cc1F. The van der Waals surface area contributed by atoms with Crippen molar-refractivity contribution in [2.75, 3.05) is 27.3 Å². The van der Waals surface area contributed by atoms with Crippen LogP contribution in [-0.2, 0) is 6.54 Å². The smallest absolute Gasteiger partial charge is 0.332 e. The van der Waals surface area contributed by atoms with Crippen molar-refractivity contribution in [3.63, 3.8) is 0 Å². The van der Waals surface area contributed by atoms with E-state index in [-0.39, 0.29) is 23.9 Å². The number of benzene rings is 2. The molecule has 0 unspecified atom stereocenters. The van der Waals surface area contributed by atoms with Crippen LogP contribution in [-0.4, -0.2) is 36.4 Å². The number of halogens is 2. The van der Waals surface area contributed by atoms with Gasteiger partial charge in [-0.05, 0) is 67.9 Å². The quantitative estimate of drug-likeness (QED) is 0.419. The molecule has 1 aliphatic heterocycles. The first-order valence-corrected chi connectivity index (χ1v) is 12.4. The standard InChI is InChI=1S/C26H25F2N3O4S/c1-34-21-6-4-16(27)12-18(21)23-13-20-24(36-23)25(32)31(17-7-9-29-10-8-17)26(33)30(20)14-15-3-5-22(35-2)19(28)11-15/h3-6,11-13,17,29H,7-10,14H2,1-2H3. The first-order chi connectivity index (χ1) is 17.4. The van der Waals surface area contributed by atoms with Crippen molar-refractivity contribution in [1.29, 1.82) is 0 Å². The Morgan fingerprint density at radius 1 is 1.00 bits per heavy atom. The molecule has 36 heavy (non-hydrogen) atoms. The van der Waals surface area contributed by atoms with Crippen LogP contribution in [0.3, 0.4) is 0 Å². The maximum Gasteiger partial charge on any atom is 0.332 e. The predicted molar refractivity (Wildman–Crippen MR) is 135 cm³/mol. The van der Waals surface area contributed by atoms with Gasteiger partial charge in [0, 0.05) is 16.5 Å². The van der Waals surface area contributed by atoms with Gasteiger partial charge < -0.3 is 14.8 Å². The number of fused-ring (bicyclic) bond motifs is 1. The van der Waals surface area contributed by atoms with Crippen LogP contribution in [0.2, 0.25) is 0 Å². The highest BCUT2D eigenvalue weighted by Crippen LogP contribution is 2.37. The molecule has 0 amide bonds. The van der Waals surface area contributed by atoms with E-state index in [2.05, 4.69) is 5.32 Å². The lowest BCUT2D eigenvalue weighted by Crippen LogP contribution is -2.45. The number of rotatable bonds is 6. The summed E-state index contributed by atoms with van der Waals surface area (Å²) in [6.07, 6.45) is 1.29. The Kier molecular flexibility index (Phi) is 6.63. The van der Waals surface area contributed by atoms with Crippen LogP contribution >= 0.6 is 11.3 Å². The molecule has 4 aromatic rings. The fourth-order valence-corrected chi connectivity index (χ4v) is 5.82. The van der Waals surface area contributed by atoms with Crippen LogP contribution in [0.15, 0.2) is 52.1 Å². The summed E-state index contributed by atoms with van der Waals surface area (Å²) in [5.41, 5.74) is 0.624. The number of aromatic nitrogens is 2. The van der Waals surface area contributed by atoms with E-state index in [0.717, 1.165) is 0 Å². The highest BCUT2D eigenvalue weighted by Gasteiger charge is 2.24. The Morgan fingerprint density at radius 3 is 2.42 bits per heavy atom. The van der Waals surface area contributed by atoms with Crippen LogP contribution in [0, 0.1) is 11.6 Å². The number of piperidine rings is 1. The Balaban J connectivity index is 1.74. The van der Waals surface area contributed by atoms with Gasteiger partial charge in [-0.25, -0.2) is 13.6 Å². The number of hydrogen-bond acceptors (Lipinski definition) is 6. The largest absolute Gasteiger partial charge is 0.496 e. The van der Waals surface area contributed by atoms with E-state index in [1.165, 1.54) is 65.0 Å². The van der Waals surface area contributed by atoms with Gasteiger partial charge in [0.2, 0.25) is 0 Å². The molecule has 3 heterocycles. The second-order valence-corrected chi connectivity index (χ2v) is 9.72. The molecule has 0 radical (unpaired) electrons. The third kappa shape index (κ3) is 4.31. The third-order valence-electron chi connectivity index (χ3n) is 6.51. The van der Waals surface area contributed by atoms with E-state index < -0.39 is 17.3 Å². The number of nitrogens with one attached hydrogen (secondary N) is 1. The number of hydrogen-bond donors (Lipinski definition) is 1. The summed E-state index contributed by atoms with van der Waals surface area (Å²) >= 11 is 1.19. The van der Waals surface area contributed by atoms with Crippen LogP contribution < -0.4 is 26.0 Å². The van der Waals surface area contributed by atoms with E-state index in [1.807, 2.05) is 0 Å². The van der Waals surface area contributed by atoms with Gasteiger partial charge >= 0.3 is 5.69 Å². The van der Waals surface area contributed by atoms with Gasteiger partial charge in [0.05, 0.1) is 26.3 Å². The van der Waals surface area contributed by atoms with Crippen molar-refractivity contribution in [3.8, 4) is 21.9 Å². The molecule has 0 spiro atoms. The highest BCUT2D eigenvalue weighted by molar-refractivity contribution is 7.22. The van der Waals surface area contributed by atoms with Gasteiger partial charge in [0.15, 0.2) is 11.6 Å². The lowest BCUT2D eigenvalue weighted by atomic mass is 10.1. The fourth-order valence-electron chi connectivity index (χ4n) is 4.70. The monoisotopic (exact) mass is 513 g/mol. The number of nitrogens with zero attached hydrogens (tertiary/aromatic N) is 2. The molecule has 7 nitrogen and oxygen atoms in total. The summed E-state index contributed by atoms with van der Waals surface area (Å²) in [4.78, 5) is 28.0. The topological polar surface area (TPSA) is 74.5 Å². The van der Waals surface area contributed by atoms with Crippen LogP contribution in [0.4, 0.5) is 8.78 Å². The zero-order chi connectivity index (χ0) is 25.4. The molecule has 1 aliphatic rings. The summed E-state index contributed by atoms with van der Waals surface area (Å²) in [6, 6.07) is 10.1. The minimum absolute atomic E-state index is 0.0535. The molecule has 0 aliphatic carbocycles. The number of ether oxygens (including phenoxy) is 2. The van der Waals surface area contributed by atoms with Crippen molar-refractivity contribution >= 4 is 21.6 Å². The zero-order valence-electron chi connectivity index (χ0n) is 19.8. The molecule has 2 aromatic heterocycles.